The van der Waals surface area contributed by atoms with Gasteiger partial charge in [-0.1, -0.05) is 30.3 Å². The summed E-state index contributed by atoms with van der Waals surface area (Å²) in [4.78, 5) is 29.0. The topological polar surface area (TPSA) is 52.6 Å². The van der Waals surface area contributed by atoms with E-state index in [0.717, 1.165) is 16.9 Å². The summed E-state index contributed by atoms with van der Waals surface area (Å²) in [6.45, 7) is 0. The van der Waals surface area contributed by atoms with Gasteiger partial charge in [0.15, 0.2) is 0 Å². The van der Waals surface area contributed by atoms with Gasteiger partial charge in [-0.2, -0.15) is 0 Å². The lowest BCUT2D eigenvalue weighted by Crippen LogP contribution is -2.27. The Morgan fingerprint density at radius 1 is 1.00 bits per heavy atom. The van der Waals surface area contributed by atoms with Crippen molar-refractivity contribution in [3.8, 4) is 0 Å². The van der Waals surface area contributed by atoms with Crippen molar-refractivity contribution >= 4 is 40.6 Å². The van der Waals surface area contributed by atoms with Crippen LogP contribution in [0.25, 0.3) is 0 Å². The van der Waals surface area contributed by atoms with Crippen LogP contribution < -0.4 is 15.1 Å². The molecule has 0 bridgehead atoms. The lowest BCUT2D eigenvalue weighted by Gasteiger charge is -2.25. The van der Waals surface area contributed by atoms with Crippen LogP contribution >= 0.6 is 11.8 Å². The van der Waals surface area contributed by atoms with Crippen molar-refractivity contribution < 1.29 is 9.59 Å². The predicted molar refractivity (Wildman–Crippen MR) is 124 cm³/mol. The molecule has 3 aromatic rings. The number of thioether (sulfide) groups is 1. The van der Waals surface area contributed by atoms with Gasteiger partial charge in [0.2, 0.25) is 5.91 Å². The number of nitrogens with one attached hydrogen (secondary N) is 1. The highest BCUT2D eigenvalue weighted by atomic mass is 32.2. The van der Waals surface area contributed by atoms with Crippen molar-refractivity contribution in [2.24, 2.45) is 0 Å². The number of rotatable bonds is 5. The summed E-state index contributed by atoms with van der Waals surface area (Å²) in [5.74, 6) is 0.362. The number of hydrogen-bond acceptors (Lipinski definition) is 4. The molecule has 4 rings (SSSR count). The SMILES string of the molecule is CN(C)c1ccc(N2C(=O)CS[C@H]2c2cccc(NC(=O)c3ccccc3)c2)cc1. The number of carbonyl (C=O) groups excluding carboxylic acids is 2. The average Bonchev–Trinajstić information content (AvgIpc) is 3.16. The molecule has 1 atom stereocenters. The fourth-order valence-corrected chi connectivity index (χ4v) is 4.59. The third-order valence-electron chi connectivity index (χ3n) is 4.98. The number of hydrogen-bond donors (Lipinski definition) is 1. The Morgan fingerprint density at radius 2 is 1.73 bits per heavy atom. The number of amides is 2. The van der Waals surface area contributed by atoms with Gasteiger partial charge in [-0.05, 0) is 54.1 Å². The average molecular weight is 418 g/mol. The van der Waals surface area contributed by atoms with Crippen molar-refractivity contribution in [3.05, 3.63) is 90.0 Å². The molecule has 1 fully saturated rings. The van der Waals surface area contributed by atoms with E-state index in [1.165, 1.54) is 0 Å². The van der Waals surface area contributed by atoms with Crippen molar-refractivity contribution in [1.29, 1.82) is 0 Å². The third-order valence-corrected chi connectivity index (χ3v) is 6.19. The van der Waals surface area contributed by atoms with E-state index in [9.17, 15) is 9.59 Å². The molecule has 1 saturated heterocycles. The van der Waals surface area contributed by atoms with Gasteiger partial charge >= 0.3 is 0 Å². The fourth-order valence-electron chi connectivity index (χ4n) is 3.42. The molecule has 1 heterocycles. The van der Waals surface area contributed by atoms with Crippen LogP contribution in [0.1, 0.15) is 21.3 Å². The Kier molecular flexibility index (Phi) is 5.77. The number of benzene rings is 3. The first kappa shape index (κ1) is 20.0. The molecule has 30 heavy (non-hydrogen) atoms. The number of anilines is 3. The minimum Gasteiger partial charge on any atom is -0.378 e. The third kappa shape index (κ3) is 4.19. The molecule has 1 aliphatic rings. The van der Waals surface area contributed by atoms with Gasteiger partial charge in [-0.15, -0.1) is 11.8 Å². The first-order valence-corrected chi connectivity index (χ1v) is 10.8. The molecule has 152 valence electrons. The van der Waals surface area contributed by atoms with Crippen molar-refractivity contribution in [2.75, 3.05) is 35.0 Å². The van der Waals surface area contributed by atoms with Crippen LogP contribution in [0.15, 0.2) is 78.9 Å². The zero-order valence-corrected chi connectivity index (χ0v) is 17.7. The molecule has 0 aliphatic carbocycles. The molecule has 0 saturated carbocycles. The summed E-state index contributed by atoms with van der Waals surface area (Å²) in [5.41, 5.74) is 4.26. The molecule has 0 radical (unpaired) electrons. The minimum absolute atomic E-state index is 0.0846. The van der Waals surface area contributed by atoms with E-state index in [2.05, 4.69) is 5.32 Å². The fraction of sp³-hybridized carbons (Fsp3) is 0.167. The van der Waals surface area contributed by atoms with E-state index in [1.54, 1.807) is 23.9 Å². The van der Waals surface area contributed by atoms with Crippen LogP contribution in [0.4, 0.5) is 17.1 Å². The number of carbonyl (C=O) groups is 2. The minimum atomic E-state index is -0.154. The second-order valence-corrected chi connectivity index (χ2v) is 8.35. The quantitative estimate of drug-likeness (QED) is 0.649. The molecule has 2 amide bonds. The molecular weight excluding hydrogens is 394 g/mol. The molecule has 5 nitrogen and oxygen atoms in total. The van der Waals surface area contributed by atoms with Crippen LogP contribution in [0.5, 0.6) is 0 Å². The van der Waals surface area contributed by atoms with Gasteiger partial charge in [-0.3, -0.25) is 14.5 Å². The zero-order chi connectivity index (χ0) is 21.1. The monoisotopic (exact) mass is 417 g/mol. The van der Waals surface area contributed by atoms with Crippen LogP contribution in [-0.2, 0) is 4.79 Å². The summed E-state index contributed by atoms with van der Waals surface area (Å²) in [6, 6.07) is 24.8. The summed E-state index contributed by atoms with van der Waals surface area (Å²) < 4.78 is 0. The Bertz CT molecular complexity index is 1050. The standard InChI is InChI=1S/C24H23N3O2S/c1-26(2)20-11-13-21(14-12-20)27-22(28)16-30-24(27)18-9-6-10-19(15-18)25-23(29)17-7-4-3-5-8-17/h3-15,24H,16H2,1-2H3,(H,25,29)/t24-/m0/s1. The molecule has 0 spiro atoms. The van der Waals surface area contributed by atoms with Gasteiger partial charge in [0.1, 0.15) is 5.37 Å². The highest BCUT2D eigenvalue weighted by molar-refractivity contribution is 8.00. The maximum Gasteiger partial charge on any atom is 0.255 e. The van der Waals surface area contributed by atoms with Crippen molar-refractivity contribution in [1.82, 2.24) is 0 Å². The van der Waals surface area contributed by atoms with Gasteiger partial charge in [0, 0.05) is 36.7 Å². The van der Waals surface area contributed by atoms with Crippen LogP contribution in [0.2, 0.25) is 0 Å². The summed E-state index contributed by atoms with van der Waals surface area (Å²) in [5, 5.41) is 2.82. The molecule has 1 N–H and O–H groups in total. The summed E-state index contributed by atoms with van der Waals surface area (Å²) in [6.07, 6.45) is 0. The van der Waals surface area contributed by atoms with E-state index < -0.39 is 0 Å². The second-order valence-electron chi connectivity index (χ2n) is 7.28. The van der Waals surface area contributed by atoms with Gasteiger partial charge < -0.3 is 10.2 Å². The Morgan fingerprint density at radius 3 is 2.43 bits per heavy atom. The van der Waals surface area contributed by atoms with E-state index >= 15 is 0 Å². The van der Waals surface area contributed by atoms with E-state index in [-0.39, 0.29) is 17.2 Å². The molecule has 0 unspecified atom stereocenters. The molecular formula is C24H23N3O2S. The van der Waals surface area contributed by atoms with E-state index in [0.29, 0.717) is 17.0 Å². The first-order chi connectivity index (χ1) is 14.5. The lowest BCUT2D eigenvalue weighted by atomic mass is 10.1. The Balaban J connectivity index is 1.57. The summed E-state index contributed by atoms with van der Waals surface area (Å²) >= 11 is 1.59. The molecule has 6 heteroatoms. The van der Waals surface area contributed by atoms with E-state index in [1.807, 2.05) is 90.6 Å². The van der Waals surface area contributed by atoms with Gasteiger partial charge in [-0.25, -0.2) is 0 Å². The second kappa shape index (κ2) is 8.63. The predicted octanol–water partition coefficient (Wildman–Crippen LogP) is 4.78. The molecule has 1 aliphatic heterocycles. The number of nitrogens with zero attached hydrogens (tertiary/aromatic N) is 2. The highest BCUT2D eigenvalue weighted by Gasteiger charge is 2.34. The maximum atomic E-state index is 12.6. The van der Waals surface area contributed by atoms with E-state index in [4.69, 9.17) is 0 Å². The van der Waals surface area contributed by atoms with Gasteiger partial charge in [0.25, 0.3) is 5.91 Å². The molecule has 0 aromatic heterocycles. The smallest absolute Gasteiger partial charge is 0.255 e. The van der Waals surface area contributed by atoms with Gasteiger partial charge in [0.05, 0.1) is 5.75 Å². The Hall–Kier alpha value is -3.25. The van der Waals surface area contributed by atoms with Crippen molar-refractivity contribution in [2.45, 2.75) is 5.37 Å². The van der Waals surface area contributed by atoms with Crippen LogP contribution in [-0.4, -0.2) is 31.7 Å². The maximum absolute atomic E-state index is 12.6. The van der Waals surface area contributed by atoms with Crippen LogP contribution in [0, 0.1) is 0 Å². The zero-order valence-electron chi connectivity index (χ0n) is 16.9. The van der Waals surface area contributed by atoms with Crippen molar-refractivity contribution in [3.63, 3.8) is 0 Å². The summed E-state index contributed by atoms with van der Waals surface area (Å²) in [7, 11) is 3.98. The van der Waals surface area contributed by atoms with Crippen LogP contribution in [0.3, 0.4) is 0 Å². The first-order valence-electron chi connectivity index (χ1n) is 9.70. The normalized spacial score (nSPS) is 15.9. The lowest BCUT2D eigenvalue weighted by molar-refractivity contribution is -0.115. The molecule has 3 aromatic carbocycles. The largest absolute Gasteiger partial charge is 0.378 e. The Labute approximate surface area is 180 Å². The highest BCUT2D eigenvalue weighted by Crippen LogP contribution is 2.42.